The summed E-state index contributed by atoms with van der Waals surface area (Å²) in [6, 6.07) is 2.95. The maximum Gasteiger partial charge on any atom is 0.320 e. The first-order valence-electron chi connectivity index (χ1n) is 6.24. The minimum Gasteiger partial charge on any atom is -0.480 e. The number of carbonyl (C=O) groups is 1. The van der Waals surface area contributed by atoms with Gasteiger partial charge in [-0.15, -0.1) is 0 Å². The van der Waals surface area contributed by atoms with Crippen molar-refractivity contribution in [3.8, 4) is 0 Å². The van der Waals surface area contributed by atoms with Gasteiger partial charge in [0.25, 0.3) is 0 Å². The summed E-state index contributed by atoms with van der Waals surface area (Å²) in [5, 5.41) is 8.73. The van der Waals surface area contributed by atoms with Crippen molar-refractivity contribution in [3.63, 3.8) is 0 Å². The van der Waals surface area contributed by atoms with Crippen LogP contribution in [-0.4, -0.2) is 17.1 Å². The molecule has 17 heavy (non-hydrogen) atoms. The van der Waals surface area contributed by atoms with Crippen molar-refractivity contribution in [2.75, 3.05) is 0 Å². The molecule has 0 bridgehead atoms. The Balaban J connectivity index is 1.97. The number of furan rings is 1. The third kappa shape index (κ3) is 3.09. The second kappa shape index (κ2) is 5.36. The van der Waals surface area contributed by atoms with Crippen LogP contribution in [0.5, 0.6) is 0 Å². The highest BCUT2D eigenvalue weighted by atomic mass is 16.4. The number of aliphatic carboxylic acids is 1. The van der Waals surface area contributed by atoms with Gasteiger partial charge in [-0.25, -0.2) is 0 Å². The van der Waals surface area contributed by atoms with Crippen LogP contribution in [0.15, 0.2) is 16.5 Å². The lowest BCUT2D eigenvalue weighted by Gasteiger charge is -2.19. The quantitative estimate of drug-likeness (QED) is 0.842. The standard InChI is InChI=1S/C13H19NO3/c14-11(13(15)16)8-10-6-7-12(17-10)9-4-2-1-3-5-9/h6-7,9,11H,1-5,8,14H2,(H,15,16). The second-order valence-electron chi connectivity index (χ2n) is 4.79. The largest absolute Gasteiger partial charge is 0.480 e. The normalized spacial score (nSPS) is 19.1. The highest BCUT2D eigenvalue weighted by Gasteiger charge is 2.20. The van der Waals surface area contributed by atoms with Gasteiger partial charge in [0, 0.05) is 12.3 Å². The molecule has 1 aromatic rings. The molecule has 0 spiro atoms. The van der Waals surface area contributed by atoms with Crippen molar-refractivity contribution < 1.29 is 14.3 Å². The van der Waals surface area contributed by atoms with Gasteiger partial charge in [-0.3, -0.25) is 4.79 Å². The summed E-state index contributed by atoms with van der Waals surface area (Å²) >= 11 is 0. The van der Waals surface area contributed by atoms with Crippen LogP contribution in [0.4, 0.5) is 0 Å². The Morgan fingerprint density at radius 1 is 1.41 bits per heavy atom. The molecule has 4 nitrogen and oxygen atoms in total. The second-order valence-corrected chi connectivity index (χ2v) is 4.79. The lowest BCUT2D eigenvalue weighted by molar-refractivity contribution is -0.138. The van der Waals surface area contributed by atoms with E-state index < -0.39 is 12.0 Å². The van der Waals surface area contributed by atoms with Gasteiger partial charge in [-0.2, -0.15) is 0 Å². The molecule has 1 fully saturated rings. The van der Waals surface area contributed by atoms with Crippen LogP contribution in [-0.2, 0) is 11.2 Å². The van der Waals surface area contributed by atoms with Crippen LogP contribution in [0.25, 0.3) is 0 Å². The third-order valence-corrected chi connectivity index (χ3v) is 3.43. The average molecular weight is 237 g/mol. The zero-order valence-corrected chi connectivity index (χ0v) is 9.89. The van der Waals surface area contributed by atoms with Gasteiger partial charge in [0.05, 0.1) is 0 Å². The van der Waals surface area contributed by atoms with Gasteiger partial charge in [0.1, 0.15) is 17.6 Å². The molecule has 0 aromatic carbocycles. The van der Waals surface area contributed by atoms with Gasteiger partial charge >= 0.3 is 5.97 Å². The average Bonchev–Trinajstić information content (AvgIpc) is 2.78. The number of carboxylic acids is 1. The van der Waals surface area contributed by atoms with Crippen molar-refractivity contribution in [3.05, 3.63) is 23.7 Å². The molecule has 1 aliphatic rings. The van der Waals surface area contributed by atoms with Crippen molar-refractivity contribution in [1.82, 2.24) is 0 Å². The Labute approximate surface area is 101 Å². The van der Waals surface area contributed by atoms with E-state index in [1.54, 1.807) is 0 Å². The first-order valence-corrected chi connectivity index (χ1v) is 6.24. The van der Waals surface area contributed by atoms with Crippen molar-refractivity contribution in [2.45, 2.75) is 50.5 Å². The Bertz CT molecular complexity index is 380. The molecule has 1 atom stereocenters. The monoisotopic (exact) mass is 237 g/mol. The molecule has 4 heteroatoms. The summed E-state index contributed by atoms with van der Waals surface area (Å²) in [6.07, 6.45) is 6.45. The zero-order chi connectivity index (χ0) is 12.3. The fourth-order valence-corrected chi connectivity index (χ4v) is 2.41. The summed E-state index contributed by atoms with van der Waals surface area (Å²) in [7, 11) is 0. The Hall–Kier alpha value is -1.29. The fourth-order valence-electron chi connectivity index (χ4n) is 2.41. The number of hydrogen-bond donors (Lipinski definition) is 2. The van der Waals surface area contributed by atoms with E-state index >= 15 is 0 Å². The van der Waals surface area contributed by atoms with Crippen molar-refractivity contribution >= 4 is 5.97 Å². The molecule has 3 N–H and O–H groups in total. The summed E-state index contributed by atoms with van der Waals surface area (Å²) in [5.74, 6) is 1.21. The van der Waals surface area contributed by atoms with Crippen LogP contribution < -0.4 is 5.73 Å². The molecule has 0 aliphatic heterocycles. The minimum absolute atomic E-state index is 0.266. The van der Waals surface area contributed by atoms with Gasteiger partial charge in [-0.05, 0) is 25.0 Å². The molecular weight excluding hydrogens is 218 g/mol. The SMILES string of the molecule is NC(Cc1ccc(C2CCCCC2)o1)C(=O)O. The predicted octanol–water partition coefficient (Wildman–Crippen LogP) is 2.28. The highest BCUT2D eigenvalue weighted by Crippen LogP contribution is 2.33. The maximum atomic E-state index is 10.6. The number of hydrogen-bond acceptors (Lipinski definition) is 3. The lowest BCUT2D eigenvalue weighted by atomic mass is 9.88. The van der Waals surface area contributed by atoms with Crippen molar-refractivity contribution in [2.24, 2.45) is 5.73 Å². The van der Waals surface area contributed by atoms with E-state index in [2.05, 4.69) is 0 Å². The molecule has 1 saturated carbocycles. The first kappa shape index (κ1) is 12.2. The van der Waals surface area contributed by atoms with E-state index in [1.165, 1.54) is 32.1 Å². The van der Waals surface area contributed by atoms with Gasteiger partial charge in [0.15, 0.2) is 0 Å². The van der Waals surface area contributed by atoms with E-state index in [4.69, 9.17) is 15.3 Å². The van der Waals surface area contributed by atoms with Crippen LogP contribution in [0, 0.1) is 0 Å². The smallest absolute Gasteiger partial charge is 0.320 e. The predicted molar refractivity (Wildman–Crippen MR) is 63.8 cm³/mol. The minimum atomic E-state index is -0.986. The maximum absolute atomic E-state index is 10.6. The van der Waals surface area contributed by atoms with Gasteiger partial charge in [0.2, 0.25) is 0 Å². The number of carboxylic acid groups (broad SMARTS) is 1. The van der Waals surface area contributed by atoms with Gasteiger partial charge in [-0.1, -0.05) is 19.3 Å². The molecule has 1 aromatic heterocycles. The van der Waals surface area contributed by atoms with Gasteiger partial charge < -0.3 is 15.3 Å². The van der Waals surface area contributed by atoms with E-state index in [0.717, 1.165) is 5.76 Å². The molecule has 1 aliphatic carbocycles. The zero-order valence-electron chi connectivity index (χ0n) is 9.89. The highest BCUT2D eigenvalue weighted by molar-refractivity contribution is 5.73. The van der Waals surface area contributed by atoms with Crippen LogP contribution >= 0.6 is 0 Å². The van der Waals surface area contributed by atoms with Crippen molar-refractivity contribution in [1.29, 1.82) is 0 Å². The van der Waals surface area contributed by atoms with E-state index in [1.807, 2.05) is 12.1 Å². The fraction of sp³-hybridized carbons (Fsp3) is 0.615. The molecule has 94 valence electrons. The number of rotatable bonds is 4. The topological polar surface area (TPSA) is 76.5 Å². The first-order chi connectivity index (χ1) is 8.16. The molecule has 1 heterocycles. The summed E-state index contributed by atoms with van der Waals surface area (Å²) in [6.45, 7) is 0. The Morgan fingerprint density at radius 3 is 2.76 bits per heavy atom. The third-order valence-electron chi connectivity index (χ3n) is 3.43. The molecule has 0 saturated heterocycles. The Kier molecular flexibility index (Phi) is 3.84. The Morgan fingerprint density at radius 2 is 2.12 bits per heavy atom. The van der Waals surface area contributed by atoms with Crippen LogP contribution in [0.2, 0.25) is 0 Å². The van der Waals surface area contributed by atoms with E-state index in [0.29, 0.717) is 11.7 Å². The van der Waals surface area contributed by atoms with E-state index in [-0.39, 0.29) is 6.42 Å². The summed E-state index contributed by atoms with van der Waals surface area (Å²) in [5.41, 5.74) is 5.48. The molecule has 2 rings (SSSR count). The number of nitrogens with two attached hydrogens (primary N) is 1. The van der Waals surface area contributed by atoms with E-state index in [9.17, 15) is 4.79 Å². The van der Waals surface area contributed by atoms with Crippen LogP contribution in [0.3, 0.4) is 0 Å². The van der Waals surface area contributed by atoms with Crippen LogP contribution in [0.1, 0.15) is 49.5 Å². The molecular formula is C13H19NO3. The molecule has 0 amide bonds. The summed E-state index contributed by atoms with van der Waals surface area (Å²) in [4.78, 5) is 10.6. The molecule has 1 unspecified atom stereocenters. The molecule has 0 radical (unpaired) electrons. The summed E-state index contributed by atoms with van der Waals surface area (Å²) < 4.78 is 5.70. The lowest BCUT2D eigenvalue weighted by Crippen LogP contribution is -2.32.